The number of alkyl halides is 3. The van der Waals surface area contributed by atoms with Crippen LogP contribution in [0.25, 0.3) is 0 Å². The smallest absolute Gasteiger partial charge is 0.325 e. The molecule has 3 amide bonds. The standard InChI is InChI=1S/C29H17Cl2F3N4O6S2/c30-18-6-2-5-17(22(18)31)20-21-23(26(41)37(25(21)40)15-7-9-16(10-8-15)38(43)44)45-27-24(20)46-28(42)36(27)12-19(39)35-14-4-1-3-13(11-14)29(32,33)34/h1-11,20-21,23H,12H2,(H,35,39)/t20-,21-,23+/m0/s1. The first-order chi connectivity index (χ1) is 21.8. The minimum atomic E-state index is -4.64. The molecule has 0 radical (unpaired) electrons. The van der Waals surface area contributed by atoms with Crippen LogP contribution in [0.5, 0.6) is 0 Å². The highest BCUT2D eigenvalue weighted by atomic mass is 35.5. The van der Waals surface area contributed by atoms with Crippen molar-refractivity contribution in [2.45, 2.75) is 28.9 Å². The number of thiazole rings is 1. The zero-order valence-corrected chi connectivity index (χ0v) is 25.9. The summed E-state index contributed by atoms with van der Waals surface area (Å²) in [5.41, 5.74) is -0.886. The third-order valence-electron chi connectivity index (χ3n) is 7.46. The summed E-state index contributed by atoms with van der Waals surface area (Å²) in [5.74, 6) is -4.10. The van der Waals surface area contributed by atoms with Gasteiger partial charge in [0.2, 0.25) is 17.7 Å². The number of thioether (sulfide) groups is 1. The van der Waals surface area contributed by atoms with Crippen molar-refractivity contribution in [2.75, 3.05) is 10.2 Å². The number of carbonyl (C=O) groups is 3. The van der Waals surface area contributed by atoms with Crippen LogP contribution in [0.3, 0.4) is 0 Å². The van der Waals surface area contributed by atoms with Crippen LogP contribution in [0, 0.1) is 16.0 Å². The summed E-state index contributed by atoms with van der Waals surface area (Å²) in [6, 6.07) is 13.6. The van der Waals surface area contributed by atoms with Gasteiger partial charge in [-0.3, -0.25) is 33.9 Å². The first-order valence-corrected chi connectivity index (χ1v) is 15.6. The van der Waals surface area contributed by atoms with E-state index in [9.17, 15) is 42.5 Å². The number of nitro benzene ring substituents is 1. The van der Waals surface area contributed by atoms with Crippen molar-refractivity contribution < 1.29 is 32.5 Å². The number of anilines is 2. The van der Waals surface area contributed by atoms with Gasteiger partial charge >= 0.3 is 11.0 Å². The Kier molecular flexibility index (Phi) is 8.21. The topological polar surface area (TPSA) is 132 Å². The fourth-order valence-electron chi connectivity index (χ4n) is 5.45. The number of nitrogens with one attached hydrogen (secondary N) is 1. The summed E-state index contributed by atoms with van der Waals surface area (Å²) in [6.07, 6.45) is -4.64. The van der Waals surface area contributed by atoms with Crippen LogP contribution in [0.4, 0.5) is 30.2 Å². The molecule has 1 aromatic heterocycles. The summed E-state index contributed by atoms with van der Waals surface area (Å²) in [6.45, 7) is -0.602. The monoisotopic (exact) mass is 708 g/mol. The average molecular weight is 710 g/mol. The minimum Gasteiger partial charge on any atom is -0.325 e. The van der Waals surface area contributed by atoms with E-state index in [1.54, 1.807) is 12.1 Å². The fraction of sp³-hybridized carbons (Fsp3) is 0.172. The molecule has 236 valence electrons. The Balaban J connectivity index is 1.40. The molecule has 2 aliphatic rings. The second-order valence-corrected chi connectivity index (χ2v) is 13.1. The lowest BCUT2D eigenvalue weighted by atomic mass is 9.83. The number of rotatable bonds is 6. The maximum Gasteiger partial charge on any atom is 0.416 e. The number of amides is 3. The number of imide groups is 1. The average Bonchev–Trinajstić information content (AvgIpc) is 3.44. The van der Waals surface area contributed by atoms with Crippen LogP contribution in [0.15, 0.2) is 76.6 Å². The summed E-state index contributed by atoms with van der Waals surface area (Å²) in [5, 5.41) is 12.9. The Morgan fingerprint density at radius 3 is 2.37 bits per heavy atom. The molecule has 17 heteroatoms. The quantitative estimate of drug-likeness (QED) is 0.136. The Morgan fingerprint density at radius 1 is 1.00 bits per heavy atom. The molecule has 3 heterocycles. The number of carbonyl (C=O) groups excluding carboxylic acids is 3. The molecule has 0 unspecified atom stereocenters. The molecule has 0 spiro atoms. The molecular weight excluding hydrogens is 692 g/mol. The predicted molar refractivity (Wildman–Crippen MR) is 166 cm³/mol. The lowest BCUT2D eigenvalue weighted by Gasteiger charge is -2.31. The van der Waals surface area contributed by atoms with Crippen LogP contribution in [0.2, 0.25) is 10.0 Å². The fourth-order valence-corrected chi connectivity index (χ4v) is 8.64. The molecule has 0 aliphatic carbocycles. The highest BCUT2D eigenvalue weighted by Gasteiger charge is 2.57. The molecule has 1 N–H and O–H groups in total. The molecule has 0 saturated carbocycles. The van der Waals surface area contributed by atoms with Crippen LogP contribution in [0.1, 0.15) is 21.9 Å². The van der Waals surface area contributed by atoms with Crippen molar-refractivity contribution >= 4 is 81.1 Å². The molecule has 1 saturated heterocycles. The van der Waals surface area contributed by atoms with Gasteiger partial charge in [-0.05, 0) is 42.0 Å². The Hall–Kier alpha value is -4.18. The highest BCUT2D eigenvalue weighted by molar-refractivity contribution is 8.00. The van der Waals surface area contributed by atoms with Crippen LogP contribution >= 0.6 is 46.3 Å². The number of aromatic nitrogens is 1. The number of hydrogen-bond acceptors (Lipinski definition) is 8. The van der Waals surface area contributed by atoms with Gasteiger partial charge in [-0.2, -0.15) is 13.2 Å². The van der Waals surface area contributed by atoms with Gasteiger partial charge in [0.25, 0.3) is 5.69 Å². The number of nitro groups is 1. The number of halogens is 5. The SMILES string of the molecule is O=C(Cn1c2c(sc1=O)[C@@H](c1cccc(Cl)c1Cl)[C@@H]1C(=O)N(c3ccc([N+](=O)[O-])cc3)C(=O)[C@@H]1S2)Nc1cccc(C(F)(F)F)c1. The molecular formula is C29H17Cl2F3N4O6S2. The van der Waals surface area contributed by atoms with E-state index >= 15 is 0 Å². The van der Waals surface area contributed by atoms with Gasteiger partial charge in [0.05, 0.1) is 37.2 Å². The first-order valence-electron chi connectivity index (χ1n) is 13.2. The molecule has 10 nitrogen and oxygen atoms in total. The van der Waals surface area contributed by atoms with Gasteiger partial charge in [0, 0.05) is 28.6 Å². The molecule has 3 atom stereocenters. The summed E-state index contributed by atoms with van der Waals surface area (Å²) < 4.78 is 40.6. The zero-order valence-electron chi connectivity index (χ0n) is 22.8. The number of nitrogens with zero attached hydrogens (tertiary/aromatic N) is 3. The van der Waals surface area contributed by atoms with Crippen molar-refractivity contribution in [3.8, 4) is 0 Å². The lowest BCUT2D eigenvalue weighted by molar-refractivity contribution is -0.384. The first kappa shape index (κ1) is 31.8. The third-order valence-corrected chi connectivity index (χ3v) is 10.9. The number of hydrogen-bond donors (Lipinski definition) is 1. The van der Waals surface area contributed by atoms with E-state index in [0.717, 1.165) is 62.9 Å². The van der Waals surface area contributed by atoms with E-state index in [2.05, 4.69) is 5.32 Å². The predicted octanol–water partition coefficient (Wildman–Crippen LogP) is 6.58. The Bertz CT molecular complexity index is 2000. The lowest BCUT2D eigenvalue weighted by Crippen LogP contribution is -2.33. The van der Waals surface area contributed by atoms with E-state index in [0.29, 0.717) is 10.4 Å². The Morgan fingerprint density at radius 2 is 1.70 bits per heavy atom. The van der Waals surface area contributed by atoms with Crippen molar-refractivity contribution in [3.05, 3.63) is 113 Å². The molecule has 2 aliphatic heterocycles. The van der Waals surface area contributed by atoms with Crippen LogP contribution in [-0.2, 0) is 27.1 Å². The molecule has 6 rings (SSSR count). The molecule has 4 aromatic rings. The minimum absolute atomic E-state index is 0.0921. The second-order valence-electron chi connectivity index (χ2n) is 10.2. The largest absolute Gasteiger partial charge is 0.416 e. The van der Waals surface area contributed by atoms with Crippen molar-refractivity contribution in [1.29, 1.82) is 0 Å². The van der Waals surface area contributed by atoms with Gasteiger partial charge < -0.3 is 5.32 Å². The molecule has 46 heavy (non-hydrogen) atoms. The molecule has 3 aromatic carbocycles. The highest BCUT2D eigenvalue weighted by Crippen LogP contribution is 2.55. The second kappa shape index (κ2) is 11.9. The Labute approximate surface area is 274 Å². The summed E-state index contributed by atoms with van der Waals surface area (Å²) in [4.78, 5) is 65.3. The zero-order chi connectivity index (χ0) is 33.1. The van der Waals surface area contributed by atoms with Gasteiger partial charge in [-0.25, -0.2) is 4.90 Å². The van der Waals surface area contributed by atoms with E-state index in [1.807, 2.05) is 0 Å². The van der Waals surface area contributed by atoms with E-state index in [4.69, 9.17) is 23.2 Å². The van der Waals surface area contributed by atoms with E-state index < -0.39 is 62.9 Å². The van der Waals surface area contributed by atoms with Gasteiger partial charge in [-0.1, -0.05) is 64.5 Å². The van der Waals surface area contributed by atoms with Crippen molar-refractivity contribution in [3.63, 3.8) is 0 Å². The normalized spacial score (nSPS) is 19.2. The molecule has 0 bridgehead atoms. The van der Waals surface area contributed by atoms with Gasteiger partial charge in [-0.15, -0.1) is 0 Å². The van der Waals surface area contributed by atoms with Crippen LogP contribution < -0.4 is 15.1 Å². The third kappa shape index (κ3) is 5.57. The summed E-state index contributed by atoms with van der Waals surface area (Å²) >= 11 is 14.6. The van der Waals surface area contributed by atoms with Crippen LogP contribution in [-0.4, -0.2) is 32.5 Å². The van der Waals surface area contributed by atoms with Crippen molar-refractivity contribution in [1.82, 2.24) is 4.57 Å². The number of non-ortho nitro benzene ring substituents is 1. The molecule has 1 fully saturated rings. The van der Waals surface area contributed by atoms with Crippen molar-refractivity contribution in [2.24, 2.45) is 5.92 Å². The number of benzene rings is 3. The number of fused-ring (bicyclic) bond motifs is 2. The maximum atomic E-state index is 14.0. The van der Waals surface area contributed by atoms with E-state index in [1.165, 1.54) is 24.3 Å². The van der Waals surface area contributed by atoms with E-state index in [-0.39, 0.29) is 32.1 Å². The maximum absolute atomic E-state index is 14.0. The summed E-state index contributed by atoms with van der Waals surface area (Å²) in [7, 11) is 0. The van der Waals surface area contributed by atoms with Gasteiger partial charge in [0.1, 0.15) is 11.8 Å². The van der Waals surface area contributed by atoms with Gasteiger partial charge in [0.15, 0.2) is 0 Å².